The Bertz CT molecular complexity index is 605. The van der Waals surface area contributed by atoms with Gasteiger partial charge in [-0.15, -0.1) is 0 Å². The predicted octanol–water partition coefficient (Wildman–Crippen LogP) is 4.87. The molecule has 0 aromatic heterocycles. The van der Waals surface area contributed by atoms with Crippen molar-refractivity contribution in [3.8, 4) is 0 Å². The van der Waals surface area contributed by atoms with E-state index in [-0.39, 0.29) is 21.3 Å². The lowest BCUT2D eigenvalue weighted by Gasteiger charge is -2.47. The molecule has 0 heterocycles. The zero-order valence-electron chi connectivity index (χ0n) is 14.9. The van der Waals surface area contributed by atoms with E-state index in [0.29, 0.717) is 0 Å². The molecular formula is C12H10F14O4S. The first-order valence-electron chi connectivity index (χ1n) is 6.95. The first kappa shape index (κ1) is 29.8. The number of rotatable bonds is 7. The van der Waals surface area contributed by atoms with Crippen molar-refractivity contribution in [3.05, 3.63) is 0 Å². The summed E-state index contributed by atoms with van der Waals surface area (Å²) in [5, 5.41) is -11.0. The molecule has 0 spiro atoms. The van der Waals surface area contributed by atoms with Crippen LogP contribution in [-0.4, -0.2) is 73.7 Å². The van der Waals surface area contributed by atoms with E-state index in [9.17, 15) is 66.3 Å². The van der Waals surface area contributed by atoms with Crippen LogP contribution in [0.1, 0.15) is 0 Å². The third-order valence-corrected chi connectivity index (χ3v) is 5.16. The maximum Gasteiger partial charge on any atom is 0.441 e. The normalized spacial score (nSPS) is 16.3. The number of ether oxygens (including phenoxy) is 3. The van der Waals surface area contributed by atoms with E-state index >= 15 is 0 Å². The Kier molecular flexibility index (Phi) is 8.26. The van der Waals surface area contributed by atoms with Gasteiger partial charge in [-0.25, -0.2) is 8.78 Å². The van der Waals surface area contributed by atoms with E-state index in [4.69, 9.17) is 0 Å². The molecule has 4 nitrogen and oxygen atoms in total. The first-order chi connectivity index (χ1) is 13.4. The van der Waals surface area contributed by atoms with Crippen molar-refractivity contribution in [2.75, 3.05) is 21.3 Å². The maximum atomic E-state index is 14.6. The first-order valence-corrected chi connectivity index (χ1v) is 7.83. The van der Waals surface area contributed by atoms with E-state index in [1.165, 1.54) is 0 Å². The van der Waals surface area contributed by atoms with Crippen molar-refractivity contribution in [1.29, 1.82) is 0 Å². The molecule has 0 aliphatic carbocycles. The van der Waals surface area contributed by atoms with Gasteiger partial charge < -0.3 is 14.2 Å². The minimum Gasteiger partial charge on any atom is -0.468 e. The van der Waals surface area contributed by atoms with E-state index in [1.807, 2.05) is 0 Å². The molecule has 0 amide bonds. The molecule has 0 fully saturated rings. The molecule has 31 heavy (non-hydrogen) atoms. The second kappa shape index (κ2) is 8.60. The summed E-state index contributed by atoms with van der Waals surface area (Å²) in [6.45, 7) is 0. The lowest BCUT2D eigenvalue weighted by atomic mass is 9.89. The summed E-state index contributed by atoms with van der Waals surface area (Å²) < 4.78 is 195. The standard InChI is InChI=1S/C12H10F14O4S/c1-28-5(27)4(31-8(14,11(21,22)23)12(24,25)26)6(29-2,30-3)7(13,9(15,16)17)10(18,19)20/h4H,1-3H3. The highest BCUT2D eigenvalue weighted by molar-refractivity contribution is 8.02. The molecule has 1 atom stereocenters. The number of thioether (sulfide) groups is 1. The number of esters is 1. The number of methoxy groups -OCH3 is 3. The van der Waals surface area contributed by atoms with E-state index in [2.05, 4.69) is 14.2 Å². The van der Waals surface area contributed by atoms with Crippen LogP contribution in [0.5, 0.6) is 0 Å². The molecule has 0 saturated carbocycles. The van der Waals surface area contributed by atoms with Gasteiger partial charge in [-0.05, 0) is 0 Å². The van der Waals surface area contributed by atoms with Gasteiger partial charge in [0, 0.05) is 14.2 Å². The number of carbonyl (C=O) groups is 1. The summed E-state index contributed by atoms with van der Waals surface area (Å²) in [5.74, 6) is -8.19. The van der Waals surface area contributed by atoms with Crippen molar-refractivity contribution in [1.82, 2.24) is 0 Å². The molecule has 19 heteroatoms. The Morgan fingerprint density at radius 3 is 1.16 bits per heavy atom. The highest BCUT2D eigenvalue weighted by atomic mass is 32.2. The smallest absolute Gasteiger partial charge is 0.441 e. The summed E-state index contributed by atoms with van der Waals surface area (Å²) >= 11 is -2.53. The zero-order chi connectivity index (χ0) is 25.5. The molecule has 0 saturated heterocycles. The fourth-order valence-corrected chi connectivity index (χ4v) is 3.45. The molecule has 0 aromatic carbocycles. The average Bonchev–Trinajstić information content (AvgIpc) is 2.56. The SMILES string of the molecule is COC(=O)C(SC(F)(C(F)(F)F)C(F)(F)F)C(OC)(OC)C(F)(C(F)(F)F)C(F)(F)F. The molecular weight excluding hydrogens is 506 g/mol. The Balaban J connectivity index is 7.35. The molecule has 0 bridgehead atoms. The van der Waals surface area contributed by atoms with Gasteiger partial charge in [-0.3, -0.25) is 4.79 Å². The van der Waals surface area contributed by atoms with E-state index in [0.717, 1.165) is 0 Å². The van der Waals surface area contributed by atoms with Gasteiger partial charge >= 0.3 is 41.3 Å². The zero-order valence-corrected chi connectivity index (χ0v) is 15.7. The Morgan fingerprint density at radius 2 is 0.968 bits per heavy atom. The number of halogens is 14. The number of hydrogen-bond acceptors (Lipinski definition) is 5. The van der Waals surface area contributed by atoms with Crippen LogP contribution in [0.2, 0.25) is 0 Å². The number of alkyl halides is 14. The quantitative estimate of drug-likeness (QED) is 0.275. The molecule has 1 unspecified atom stereocenters. The highest BCUT2D eigenvalue weighted by Crippen LogP contribution is 2.61. The summed E-state index contributed by atoms with van der Waals surface area (Å²) in [7, 11) is -0.464. The third kappa shape index (κ3) is 4.62. The van der Waals surface area contributed by atoms with Crippen LogP contribution in [0.4, 0.5) is 61.5 Å². The number of hydrogen-bond donors (Lipinski definition) is 0. The fourth-order valence-electron chi connectivity index (χ4n) is 2.16. The summed E-state index contributed by atoms with van der Waals surface area (Å²) in [4.78, 5) is 11.7. The maximum absolute atomic E-state index is 14.6. The van der Waals surface area contributed by atoms with Gasteiger partial charge in [0.2, 0.25) is 5.79 Å². The van der Waals surface area contributed by atoms with Gasteiger partial charge in [0.1, 0.15) is 0 Å². The van der Waals surface area contributed by atoms with Crippen LogP contribution in [0, 0.1) is 0 Å². The van der Waals surface area contributed by atoms with Crippen LogP contribution in [0.15, 0.2) is 0 Å². The number of carbonyl (C=O) groups excluding carboxylic acids is 1. The highest BCUT2D eigenvalue weighted by Gasteiger charge is 2.87. The largest absolute Gasteiger partial charge is 0.468 e. The van der Waals surface area contributed by atoms with Gasteiger partial charge in [-0.1, -0.05) is 11.8 Å². The second-order valence-electron chi connectivity index (χ2n) is 5.34. The lowest BCUT2D eigenvalue weighted by Crippen LogP contribution is -2.74. The van der Waals surface area contributed by atoms with Crippen molar-refractivity contribution >= 4 is 17.7 Å². The molecule has 186 valence electrons. The second-order valence-corrected chi connectivity index (χ2v) is 6.61. The van der Waals surface area contributed by atoms with Crippen LogP contribution >= 0.6 is 11.8 Å². The Labute approximate surface area is 167 Å². The third-order valence-electron chi connectivity index (χ3n) is 3.64. The summed E-state index contributed by atoms with van der Waals surface area (Å²) in [6.07, 6.45) is -28.6. The van der Waals surface area contributed by atoms with Crippen LogP contribution < -0.4 is 0 Å². The molecule has 0 rings (SSSR count). The van der Waals surface area contributed by atoms with Gasteiger partial charge in [0.15, 0.2) is 5.25 Å². The van der Waals surface area contributed by atoms with Crippen LogP contribution in [0.25, 0.3) is 0 Å². The molecule has 0 N–H and O–H groups in total. The van der Waals surface area contributed by atoms with E-state index in [1.54, 1.807) is 0 Å². The monoisotopic (exact) mass is 516 g/mol. The van der Waals surface area contributed by atoms with Gasteiger partial charge in [-0.2, -0.15) is 52.7 Å². The Morgan fingerprint density at radius 1 is 0.645 bits per heavy atom. The minimum atomic E-state index is -7.22. The summed E-state index contributed by atoms with van der Waals surface area (Å²) in [6, 6.07) is 0. The topological polar surface area (TPSA) is 44.8 Å². The fraction of sp³-hybridized carbons (Fsp3) is 0.917. The average molecular weight is 516 g/mol. The van der Waals surface area contributed by atoms with Gasteiger partial charge in [0.05, 0.1) is 7.11 Å². The molecule has 0 aromatic rings. The molecule has 0 aliphatic rings. The van der Waals surface area contributed by atoms with E-state index < -0.39 is 64.1 Å². The minimum absolute atomic E-state index is 0.0775. The summed E-state index contributed by atoms with van der Waals surface area (Å²) in [5.41, 5.74) is -6.96. The lowest BCUT2D eigenvalue weighted by molar-refractivity contribution is -0.432. The predicted molar refractivity (Wildman–Crippen MR) is 72.0 cm³/mol. The molecule has 0 aliphatic heterocycles. The molecule has 0 radical (unpaired) electrons. The van der Waals surface area contributed by atoms with Crippen molar-refractivity contribution in [2.45, 2.75) is 46.4 Å². The van der Waals surface area contributed by atoms with Crippen molar-refractivity contribution < 1.29 is 80.5 Å². The van der Waals surface area contributed by atoms with Crippen molar-refractivity contribution in [2.24, 2.45) is 0 Å². The Hall–Kier alpha value is -1.24. The van der Waals surface area contributed by atoms with Crippen LogP contribution in [-0.2, 0) is 19.0 Å². The van der Waals surface area contributed by atoms with Gasteiger partial charge in [0.25, 0.3) is 0 Å². The van der Waals surface area contributed by atoms with Crippen molar-refractivity contribution in [3.63, 3.8) is 0 Å². The van der Waals surface area contributed by atoms with Crippen LogP contribution in [0.3, 0.4) is 0 Å².